The highest BCUT2D eigenvalue weighted by Crippen LogP contribution is 2.41. The monoisotopic (exact) mass is 307 g/mol. The Kier molecular flexibility index (Phi) is 5.15. The number of rotatable bonds is 5. The number of carboxylic acids is 1. The van der Waals surface area contributed by atoms with Crippen molar-refractivity contribution in [3.8, 4) is 0 Å². The van der Waals surface area contributed by atoms with E-state index in [0.29, 0.717) is 12.8 Å². The molecule has 0 spiro atoms. The molecule has 77 valence electrons. The fourth-order valence-corrected chi connectivity index (χ4v) is 2.03. The number of aliphatic hydroxyl groups excluding tert-OH is 1. The van der Waals surface area contributed by atoms with Crippen LogP contribution in [0.3, 0.4) is 0 Å². The lowest BCUT2D eigenvalue weighted by Gasteiger charge is -2.19. The van der Waals surface area contributed by atoms with Gasteiger partial charge in [-0.2, -0.15) is 0 Å². The van der Waals surface area contributed by atoms with Gasteiger partial charge < -0.3 is 10.2 Å². The molecule has 4 heteroatoms. The predicted octanol–water partition coefficient (Wildman–Crippen LogP) is 1.77. The van der Waals surface area contributed by atoms with E-state index in [2.05, 4.69) is 22.6 Å². The molecule has 0 saturated heterocycles. The van der Waals surface area contributed by atoms with E-state index in [-0.39, 0.29) is 6.42 Å². The van der Waals surface area contributed by atoms with Crippen molar-refractivity contribution in [2.24, 2.45) is 0 Å². The zero-order valence-corrected chi connectivity index (χ0v) is 9.77. The molecular formula is C10H12IO3. The lowest BCUT2D eigenvalue weighted by atomic mass is 9.96. The van der Waals surface area contributed by atoms with E-state index in [1.807, 2.05) is 19.3 Å². The smallest absolute Gasteiger partial charge is 0.303 e. The first-order valence-corrected chi connectivity index (χ1v) is 5.50. The Hall–Kier alpha value is 0.160. The Bertz CT molecular complexity index is 196. The minimum Gasteiger partial charge on any atom is -0.481 e. The van der Waals surface area contributed by atoms with Crippen LogP contribution in [0.1, 0.15) is 19.3 Å². The maximum absolute atomic E-state index is 10.3. The van der Waals surface area contributed by atoms with Crippen LogP contribution >= 0.6 is 22.6 Å². The van der Waals surface area contributed by atoms with Crippen molar-refractivity contribution in [2.75, 3.05) is 0 Å². The van der Waals surface area contributed by atoms with Crippen molar-refractivity contribution in [1.82, 2.24) is 0 Å². The molecule has 0 unspecified atom stereocenters. The quantitative estimate of drug-likeness (QED) is 0.761. The summed E-state index contributed by atoms with van der Waals surface area (Å²) in [4.78, 5) is 10.3. The fourth-order valence-electron chi connectivity index (χ4n) is 1.28. The highest BCUT2D eigenvalue weighted by atomic mass is 127. The van der Waals surface area contributed by atoms with Crippen molar-refractivity contribution < 1.29 is 15.0 Å². The molecule has 3 nitrogen and oxygen atoms in total. The maximum Gasteiger partial charge on any atom is 0.303 e. The Morgan fingerprint density at radius 3 is 2.71 bits per heavy atom. The van der Waals surface area contributed by atoms with E-state index in [0.717, 1.165) is 9.84 Å². The zero-order valence-electron chi connectivity index (χ0n) is 7.61. The van der Waals surface area contributed by atoms with Gasteiger partial charge >= 0.3 is 5.97 Å². The van der Waals surface area contributed by atoms with Gasteiger partial charge in [0.2, 0.25) is 0 Å². The van der Waals surface area contributed by atoms with Gasteiger partial charge in [0.15, 0.2) is 0 Å². The first kappa shape index (κ1) is 12.2. The normalized spacial score (nSPS) is 21.3. The number of hydrogen-bond donors (Lipinski definition) is 2. The molecule has 1 atom stereocenters. The third-order valence-electron chi connectivity index (χ3n) is 2.02. The molecule has 0 aromatic rings. The molecule has 1 aliphatic rings. The van der Waals surface area contributed by atoms with Crippen LogP contribution in [-0.4, -0.2) is 22.3 Å². The van der Waals surface area contributed by atoms with Gasteiger partial charge in [0, 0.05) is 12.3 Å². The average Bonchev–Trinajstić information content (AvgIpc) is 2.50. The summed E-state index contributed by atoms with van der Waals surface area (Å²) in [6, 6.07) is 0. The van der Waals surface area contributed by atoms with Crippen molar-refractivity contribution in [2.45, 2.75) is 25.4 Å². The number of carboxylic acid groups (broad SMARTS) is 1. The Balaban J connectivity index is 2.20. The summed E-state index contributed by atoms with van der Waals surface area (Å²) in [5, 5.41) is 18.1. The fraction of sp³-hybridized carbons (Fsp3) is 0.400. The van der Waals surface area contributed by atoms with E-state index in [1.165, 1.54) is 0 Å². The molecule has 0 aliphatic heterocycles. The third-order valence-corrected chi connectivity index (χ3v) is 3.00. The highest BCUT2D eigenvalue weighted by Gasteiger charge is 2.32. The topological polar surface area (TPSA) is 57.5 Å². The van der Waals surface area contributed by atoms with Crippen LogP contribution < -0.4 is 0 Å². The number of hydrogen-bond acceptors (Lipinski definition) is 2. The van der Waals surface area contributed by atoms with Gasteiger partial charge in [-0.15, -0.1) is 0 Å². The molecule has 0 aromatic carbocycles. The van der Waals surface area contributed by atoms with Crippen molar-refractivity contribution in [3.63, 3.8) is 0 Å². The van der Waals surface area contributed by atoms with Gasteiger partial charge in [0.1, 0.15) is 0 Å². The molecular weight excluding hydrogens is 295 g/mol. The number of aliphatic hydroxyl groups is 1. The van der Waals surface area contributed by atoms with Gasteiger partial charge in [-0.3, -0.25) is 4.79 Å². The molecule has 14 heavy (non-hydrogen) atoms. The summed E-state index contributed by atoms with van der Waals surface area (Å²) in [6.45, 7) is 0. The first-order valence-electron chi connectivity index (χ1n) is 4.42. The Morgan fingerprint density at radius 2 is 2.21 bits per heavy atom. The lowest BCUT2D eigenvalue weighted by Crippen LogP contribution is -2.19. The minimum atomic E-state index is -0.811. The van der Waals surface area contributed by atoms with Gasteiger partial charge in [0.25, 0.3) is 0 Å². The van der Waals surface area contributed by atoms with Crippen LogP contribution in [0, 0.1) is 29.1 Å². The maximum atomic E-state index is 10.3. The molecule has 1 aliphatic carbocycles. The van der Waals surface area contributed by atoms with Crippen LogP contribution in [0.4, 0.5) is 0 Å². The number of carbonyl (C=O) groups is 1. The van der Waals surface area contributed by atoms with Crippen molar-refractivity contribution in [1.29, 1.82) is 0 Å². The molecule has 2 N–H and O–H groups in total. The number of aliphatic carboxylic acids is 1. The summed E-state index contributed by atoms with van der Waals surface area (Å²) < 4.78 is 1.03. The summed E-state index contributed by atoms with van der Waals surface area (Å²) in [5.41, 5.74) is 0. The van der Waals surface area contributed by atoms with Gasteiger partial charge in [0.05, 0.1) is 10.0 Å². The van der Waals surface area contributed by atoms with E-state index in [9.17, 15) is 9.90 Å². The largest absolute Gasteiger partial charge is 0.481 e. The SMILES string of the molecule is O=C(O)CCC[C@H](O)[C]1[CH][CH][CH][C]1I. The second-order valence-corrected chi connectivity index (χ2v) is 4.29. The van der Waals surface area contributed by atoms with Crippen LogP contribution in [0.25, 0.3) is 0 Å². The molecule has 0 bridgehead atoms. The van der Waals surface area contributed by atoms with Gasteiger partial charge in [-0.25, -0.2) is 0 Å². The molecule has 1 saturated carbocycles. The highest BCUT2D eigenvalue weighted by molar-refractivity contribution is 14.1. The van der Waals surface area contributed by atoms with E-state index < -0.39 is 12.1 Å². The van der Waals surface area contributed by atoms with Gasteiger partial charge in [-0.1, -0.05) is 22.6 Å². The summed E-state index contributed by atoms with van der Waals surface area (Å²) in [5.74, 6) is 0.0883. The third kappa shape index (κ3) is 3.73. The first-order chi connectivity index (χ1) is 6.61. The molecule has 1 fully saturated rings. The standard InChI is InChI=1S/C10H12IO3/c11-8-4-1-3-7(8)9(12)5-2-6-10(13)14/h1,3-4,9,12H,2,5-6H2,(H,13,14)/t9-/m0/s1. The summed E-state index contributed by atoms with van der Waals surface area (Å²) in [6.07, 6.45) is 6.29. The van der Waals surface area contributed by atoms with Crippen molar-refractivity contribution >= 4 is 28.6 Å². The minimum absolute atomic E-state index is 0.119. The second-order valence-electron chi connectivity index (χ2n) is 3.13. The molecule has 0 amide bonds. The van der Waals surface area contributed by atoms with Crippen LogP contribution in [-0.2, 0) is 4.79 Å². The van der Waals surface area contributed by atoms with E-state index in [1.54, 1.807) is 0 Å². The summed E-state index contributed by atoms with van der Waals surface area (Å²) in [7, 11) is 0. The molecule has 0 heterocycles. The predicted molar refractivity (Wildman–Crippen MR) is 60.9 cm³/mol. The lowest BCUT2D eigenvalue weighted by molar-refractivity contribution is -0.137. The van der Waals surface area contributed by atoms with Crippen LogP contribution in [0.15, 0.2) is 0 Å². The average molecular weight is 307 g/mol. The Morgan fingerprint density at radius 1 is 1.50 bits per heavy atom. The Labute approximate surface area is 98.0 Å². The second kappa shape index (κ2) is 5.90. The van der Waals surface area contributed by atoms with Gasteiger partial charge in [-0.05, 0) is 32.1 Å². The van der Waals surface area contributed by atoms with Crippen LogP contribution in [0.5, 0.6) is 0 Å². The molecule has 1 rings (SSSR count). The van der Waals surface area contributed by atoms with Crippen LogP contribution in [0.2, 0.25) is 0 Å². The number of halogens is 1. The van der Waals surface area contributed by atoms with E-state index >= 15 is 0 Å². The van der Waals surface area contributed by atoms with Crippen molar-refractivity contribution in [3.05, 3.63) is 29.1 Å². The molecule has 0 aromatic heterocycles. The summed E-state index contributed by atoms with van der Waals surface area (Å²) >= 11 is 2.16. The van der Waals surface area contributed by atoms with E-state index in [4.69, 9.17) is 5.11 Å². The molecule has 5 radical (unpaired) electrons. The zero-order chi connectivity index (χ0) is 10.6.